The first kappa shape index (κ1) is 25.9. The quantitative estimate of drug-likeness (QED) is 0.330. The average Bonchev–Trinajstić information content (AvgIpc) is 3.25. The maximum absolute atomic E-state index is 12.7. The number of nitrogens with zero attached hydrogens (tertiary/aromatic N) is 1. The number of ether oxygens (including phenoxy) is 2. The number of hydrogen-bond donors (Lipinski definition) is 2. The molecule has 0 atom stereocenters. The van der Waals surface area contributed by atoms with E-state index in [1.165, 1.54) is 32.2 Å². The summed E-state index contributed by atoms with van der Waals surface area (Å²) in [4.78, 5) is 15.6. The van der Waals surface area contributed by atoms with Crippen LogP contribution in [0.4, 0.5) is 19.2 Å². The molecule has 0 radical (unpaired) electrons. The van der Waals surface area contributed by atoms with Crippen molar-refractivity contribution >= 4 is 12.0 Å². The van der Waals surface area contributed by atoms with E-state index in [2.05, 4.69) is 10.3 Å². The molecule has 0 aliphatic heterocycles. The van der Waals surface area contributed by atoms with E-state index in [-0.39, 0.29) is 6.01 Å². The molecule has 2 N–H and O–H groups in total. The van der Waals surface area contributed by atoms with Gasteiger partial charge in [-0.2, -0.15) is 18.2 Å². The monoisotopic (exact) mass is 492 g/mol. The molecule has 1 heterocycles. The number of alkyl halides is 3. The molecule has 0 saturated carbocycles. The van der Waals surface area contributed by atoms with Gasteiger partial charge in [0, 0.05) is 12.1 Å². The number of carboxylic acid groups (broad SMARTS) is 1. The molecule has 7 nitrogen and oxygen atoms in total. The first-order valence-electron chi connectivity index (χ1n) is 10.9. The molecule has 188 valence electrons. The molecule has 0 amide bonds. The van der Waals surface area contributed by atoms with Gasteiger partial charge in [-0.3, -0.25) is 0 Å². The van der Waals surface area contributed by atoms with Crippen LogP contribution in [0.3, 0.4) is 0 Å². The number of carboxylic acids is 1. The van der Waals surface area contributed by atoms with Gasteiger partial charge in [0.25, 0.3) is 6.01 Å². The van der Waals surface area contributed by atoms with Gasteiger partial charge in [-0.15, -0.1) is 0 Å². The van der Waals surface area contributed by atoms with Crippen LogP contribution in [0, 0.1) is 13.8 Å². The van der Waals surface area contributed by atoms with Crippen molar-refractivity contribution in [2.75, 3.05) is 18.5 Å². The van der Waals surface area contributed by atoms with Crippen molar-refractivity contribution in [1.29, 1.82) is 0 Å². The lowest BCUT2D eigenvalue weighted by Crippen LogP contribution is -2.38. The van der Waals surface area contributed by atoms with Gasteiger partial charge in [0.15, 0.2) is 5.60 Å². The summed E-state index contributed by atoms with van der Waals surface area (Å²) in [6, 6.07) is 8.52. The Morgan fingerprint density at radius 3 is 2.34 bits per heavy atom. The zero-order valence-electron chi connectivity index (χ0n) is 19.8. The second-order valence-corrected chi connectivity index (χ2v) is 8.54. The molecule has 0 aliphatic carbocycles. The van der Waals surface area contributed by atoms with Crippen molar-refractivity contribution in [2.24, 2.45) is 0 Å². The van der Waals surface area contributed by atoms with Crippen LogP contribution in [-0.4, -0.2) is 34.8 Å². The predicted octanol–water partition coefficient (Wildman–Crippen LogP) is 6.10. The zero-order valence-corrected chi connectivity index (χ0v) is 19.8. The molecule has 0 fully saturated rings. The highest BCUT2D eigenvalue weighted by Gasteiger charge is 2.31. The van der Waals surface area contributed by atoms with Crippen molar-refractivity contribution in [3.8, 4) is 22.8 Å². The number of anilines is 1. The number of benzene rings is 2. The molecule has 3 rings (SSSR count). The van der Waals surface area contributed by atoms with E-state index in [9.17, 15) is 23.1 Å². The molecular formula is C25H27F3N2O5. The lowest BCUT2D eigenvalue weighted by molar-refractivity contribution is -0.152. The van der Waals surface area contributed by atoms with Crippen LogP contribution in [0.5, 0.6) is 11.5 Å². The van der Waals surface area contributed by atoms with E-state index >= 15 is 0 Å². The minimum Gasteiger partial charge on any atom is -0.493 e. The standard InChI is InChI=1S/C25H27F3N2O5/c1-15-13-21(35-24(3,4)22(31)32)16(2)12-20(15)33-11-5-10-29-23-30-19(14-34-23)17-6-8-18(9-7-17)25(26,27)28/h6-9,12-14H,5,10-11H2,1-4H3,(H,29,30)(H,31,32). The summed E-state index contributed by atoms with van der Waals surface area (Å²) in [5, 5.41) is 12.3. The number of aromatic nitrogens is 1. The summed E-state index contributed by atoms with van der Waals surface area (Å²) in [5.74, 6) is 0.0975. The fourth-order valence-electron chi connectivity index (χ4n) is 3.11. The first-order chi connectivity index (χ1) is 16.4. The van der Waals surface area contributed by atoms with E-state index in [0.717, 1.165) is 23.3 Å². The third-order valence-electron chi connectivity index (χ3n) is 5.22. The van der Waals surface area contributed by atoms with Gasteiger partial charge in [0.1, 0.15) is 23.5 Å². The van der Waals surface area contributed by atoms with Crippen molar-refractivity contribution in [3.05, 3.63) is 59.4 Å². The molecule has 2 aromatic carbocycles. The largest absolute Gasteiger partial charge is 0.493 e. The van der Waals surface area contributed by atoms with Crippen molar-refractivity contribution in [3.63, 3.8) is 0 Å². The van der Waals surface area contributed by atoms with Gasteiger partial charge in [-0.25, -0.2) is 4.79 Å². The first-order valence-corrected chi connectivity index (χ1v) is 10.9. The highest BCUT2D eigenvalue weighted by molar-refractivity contribution is 5.77. The van der Waals surface area contributed by atoms with Gasteiger partial charge >= 0.3 is 12.1 Å². The summed E-state index contributed by atoms with van der Waals surface area (Å²) in [7, 11) is 0. The predicted molar refractivity (Wildman–Crippen MR) is 124 cm³/mol. The van der Waals surface area contributed by atoms with E-state index < -0.39 is 23.3 Å². The number of nitrogens with one attached hydrogen (secondary N) is 1. The summed E-state index contributed by atoms with van der Waals surface area (Å²) >= 11 is 0. The van der Waals surface area contributed by atoms with Crippen LogP contribution < -0.4 is 14.8 Å². The smallest absolute Gasteiger partial charge is 0.416 e. The van der Waals surface area contributed by atoms with E-state index in [4.69, 9.17) is 13.9 Å². The molecule has 3 aromatic rings. The average molecular weight is 492 g/mol. The number of hydrogen-bond acceptors (Lipinski definition) is 6. The number of rotatable bonds is 10. The fourth-order valence-corrected chi connectivity index (χ4v) is 3.11. The molecule has 0 aliphatic rings. The van der Waals surface area contributed by atoms with Crippen LogP contribution in [0.1, 0.15) is 37.0 Å². The van der Waals surface area contributed by atoms with Crippen molar-refractivity contribution < 1.29 is 37.0 Å². The normalized spacial score (nSPS) is 11.9. The molecular weight excluding hydrogens is 465 g/mol. The van der Waals surface area contributed by atoms with Crippen LogP contribution in [0.25, 0.3) is 11.3 Å². The Morgan fingerprint density at radius 1 is 1.09 bits per heavy atom. The SMILES string of the molecule is Cc1cc(OC(C)(C)C(=O)O)c(C)cc1OCCCNc1nc(-c2ccc(C(F)(F)F)cc2)co1. The van der Waals surface area contributed by atoms with Gasteiger partial charge in [-0.05, 0) is 69.5 Å². The highest BCUT2D eigenvalue weighted by atomic mass is 19.4. The Balaban J connectivity index is 1.49. The number of carbonyl (C=O) groups is 1. The maximum Gasteiger partial charge on any atom is 0.416 e. The molecule has 10 heteroatoms. The number of aryl methyl sites for hydroxylation is 2. The molecule has 35 heavy (non-hydrogen) atoms. The zero-order chi connectivity index (χ0) is 25.8. The Morgan fingerprint density at radius 2 is 1.71 bits per heavy atom. The summed E-state index contributed by atoms with van der Waals surface area (Å²) in [6.45, 7) is 7.55. The lowest BCUT2D eigenvalue weighted by Gasteiger charge is -2.23. The topological polar surface area (TPSA) is 93.8 Å². The maximum atomic E-state index is 12.7. The van der Waals surface area contributed by atoms with E-state index in [1.54, 1.807) is 12.1 Å². The van der Waals surface area contributed by atoms with Crippen molar-refractivity contribution in [1.82, 2.24) is 4.98 Å². The molecule has 0 saturated heterocycles. The second-order valence-electron chi connectivity index (χ2n) is 8.54. The van der Waals surface area contributed by atoms with Crippen LogP contribution in [0.15, 0.2) is 47.1 Å². The highest BCUT2D eigenvalue weighted by Crippen LogP contribution is 2.32. The minimum absolute atomic E-state index is 0.259. The molecule has 0 bridgehead atoms. The Hall–Kier alpha value is -3.69. The molecule has 0 unspecified atom stereocenters. The Labute approximate surface area is 200 Å². The van der Waals surface area contributed by atoms with E-state index in [0.29, 0.717) is 42.3 Å². The van der Waals surface area contributed by atoms with Gasteiger partial charge in [-0.1, -0.05) is 12.1 Å². The number of halogens is 3. The Kier molecular flexibility index (Phi) is 7.62. The fraction of sp³-hybridized carbons (Fsp3) is 0.360. The van der Waals surface area contributed by atoms with E-state index in [1.807, 2.05) is 13.8 Å². The lowest BCUT2D eigenvalue weighted by atomic mass is 10.1. The number of aliphatic carboxylic acids is 1. The number of oxazole rings is 1. The van der Waals surface area contributed by atoms with Gasteiger partial charge in [0.05, 0.1) is 12.2 Å². The van der Waals surface area contributed by atoms with Gasteiger partial charge in [0.2, 0.25) is 0 Å². The van der Waals surface area contributed by atoms with Crippen LogP contribution >= 0.6 is 0 Å². The van der Waals surface area contributed by atoms with Crippen LogP contribution in [0.2, 0.25) is 0 Å². The summed E-state index contributed by atoms with van der Waals surface area (Å²) in [5.41, 5.74) is 0.444. The third kappa shape index (κ3) is 6.68. The third-order valence-corrected chi connectivity index (χ3v) is 5.22. The minimum atomic E-state index is -4.39. The Bertz CT molecular complexity index is 1170. The summed E-state index contributed by atoms with van der Waals surface area (Å²) < 4.78 is 54.9. The second kappa shape index (κ2) is 10.3. The van der Waals surface area contributed by atoms with Crippen molar-refractivity contribution in [2.45, 2.75) is 45.9 Å². The molecule has 0 spiro atoms. The molecule has 1 aromatic heterocycles. The van der Waals surface area contributed by atoms with Crippen LogP contribution in [-0.2, 0) is 11.0 Å². The van der Waals surface area contributed by atoms with Gasteiger partial charge < -0.3 is 24.3 Å². The summed E-state index contributed by atoms with van der Waals surface area (Å²) in [6.07, 6.45) is -2.38.